The number of carbonyl (C=O) groups is 2. The van der Waals surface area contributed by atoms with Crippen molar-refractivity contribution in [1.82, 2.24) is 19.8 Å². The molecule has 2 amide bonds. The Morgan fingerprint density at radius 3 is 2.50 bits per heavy atom. The van der Waals surface area contributed by atoms with Crippen LogP contribution >= 0.6 is 0 Å². The summed E-state index contributed by atoms with van der Waals surface area (Å²) in [6.45, 7) is 3.71. The topological polar surface area (TPSA) is 102 Å². The van der Waals surface area contributed by atoms with Crippen LogP contribution in [0, 0.1) is 5.92 Å². The molecule has 1 aromatic rings. The lowest BCUT2D eigenvalue weighted by Gasteiger charge is -2.34. The fourth-order valence-corrected chi connectivity index (χ4v) is 3.38. The molecular weight excluding hydrogens is 310 g/mol. The van der Waals surface area contributed by atoms with Gasteiger partial charge in [0, 0.05) is 57.8 Å². The molecule has 0 bridgehead atoms. The number of nitrogens with two attached hydrogens (primary N) is 1. The van der Waals surface area contributed by atoms with Gasteiger partial charge in [-0.25, -0.2) is 9.97 Å². The average molecular weight is 333 g/mol. The zero-order valence-electron chi connectivity index (χ0n) is 13.6. The quantitative estimate of drug-likeness (QED) is 0.801. The molecule has 2 N–H and O–H groups in total. The third-order valence-electron chi connectivity index (χ3n) is 4.76. The third kappa shape index (κ3) is 3.88. The van der Waals surface area contributed by atoms with Gasteiger partial charge < -0.3 is 15.4 Å². The lowest BCUT2D eigenvalue weighted by atomic mass is 10.0. The number of nitrogens with zero attached hydrogens (tertiary/aromatic N) is 4. The molecule has 3 heterocycles. The van der Waals surface area contributed by atoms with Crippen LogP contribution in [0.2, 0.25) is 0 Å². The van der Waals surface area contributed by atoms with E-state index in [9.17, 15) is 9.59 Å². The molecule has 1 atom stereocenters. The first-order valence-electron chi connectivity index (χ1n) is 8.30. The summed E-state index contributed by atoms with van der Waals surface area (Å²) < 4.78 is 5.42. The zero-order chi connectivity index (χ0) is 16.9. The van der Waals surface area contributed by atoms with Gasteiger partial charge in [-0.3, -0.25) is 14.5 Å². The van der Waals surface area contributed by atoms with Crippen molar-refractivity contribution in [3.63, 3.8) is 0 Å². The van der Waals surface area contributed by atoms with E-state index in [1.165, 1.54) is 18.7 Å². The second-order valence-electron chi connectivity index (χ2n) is 6.32. The monoisotopic (exact) mass is 333 g/mol. The van der Waals surface area contributed by atoms with Crippen LogP contribution < -0.4 is 5.73 Å². The third-order valence-corrected chi connectivity index (χ3v) is 4.76. The van der Waals surface area contributed by atoms with Crippen molar-refractivity contribution in [1.29, 1.82) is 0 Å². The molecule has 0 aliphatic carbocycles. The van der Waals surface area contributed by atoms with Gasteiger partial charge in [0.25, 0.3) is 5.91 Å². The Hall–Kier alpha value is -2.06. The summed E-state index contributed by atoms with van der Waals surface area (Å²) in [7, 11) is 0. The number of hydrogen-bond acceptors (Lipinski definition) is 6. The fourth-order valence-electron chi connectivity index (χ4n) is 3.38. The average Bonchev–Trinajstić information content (AvgIpc) is 2.86. The van der Waals surface area contributed by atoms with E-state index in [-0.39, 0.29) is 17.7 Å². The van der Waals surface area contributed by atoms with E-state index in [2.05, 4.69) is 14.9 Å². The molecule has 2 fully saturated rings. The molecule has 0 spiro atoms. The van der Waals surface area contributed by atoms with Gasteiger partial charge in [0.1, 0.15) is 6.33 Å². The van der Waals surface area contributed by atoms with Crippen molar-refractivity contribution in [2.24, 2.45) is 11.7 Å². The Morgan fingerprint density at radius 1 is 1.12 bits per heavy atom. The van der Waals surface area contributed by atoms with Gasteiger partial charge in [-0.05, 0) is 12.8 Å². The van der Waals surface area contributed by atoms with E-state index in [1.807, 2.05) is 0 Å². The predicted octanol–water partition coefficient (Wildman–Crippen LogP) is -0.485. The SMILES string of the molecule is NC(=O)[C@H]1CN(C(=O)c2cncnc2)CCN(C2CCOCC2)C1. The van der Waals surface area contributed by atoms with Crippen LogP contribution in [-0.2, 0) is 9.53 Å². The maximum Gasteiger partial charge on any atom is 0.257 e. The summed E-state index contributed by atoms with van der Waals surface area (Å²) in [4.78, 5) is 36.3. The number of carbonyl (C=O) groups excluding carboxylic acids is 2. The molecule has 0 radical (unpaired) electrons. The Morgan fingerprint density at radius 2 is 1.83 bits per heavy atom. The predicted molar refractivity (Wildman–Crippen MR) is 86.0 cm³/mol. The Balaban J connectivity index is 1.73. The van der Waals surface area contributed by atoms with Crippen LogP contribution in [-0.4, -0.2) is 77.0 Å². The van der Waals surface area contributed by atoms with E-state index in [0.717, 1.165) is 32.6 Å². The van der Waals surface area contributed by atoms with E-state index in [1.54, 1.807) is 4.90 Å². The molecule has 0 saturated carbocycles. The lowest BCUT2D eigenvalue weighted by molar-refractivity contribution is -0.122. The van der Waals surface area contributed by atoms with Crippen LogP contribution in [0.25, 0.3) is 0 Å². The van der Waals surface area contributed by atoms with Crippen molar-refractivity contribution < 1.29 is 14.3 Å². The number of primary amides is 1. The lowest BCUT2D eigenvalue weighted by Crippen LogP contribution is -2.44. The number of rotatable bonds is 3. The van der Waals surface area contributed by atoms with Crippen LogP contribution in [0.5, 0.6) is 0 Å². The van der Waals surface area contributed by atoms with Crippen molar-refractivity contribution in [2.45, 2.75) is 18.9 Å². The maximum absolute atomic E-state index is 12.7. The van der Waals surface area contributed by atoms with E-state index >= 15 is 0 Å². The number of amides is 2. The minimum absolute atomic E-state index is 0.157. The number of hydrogen-bond donors (Lipinski definition) is 1. The molecule has 8 nitrogen and oxygen atoms in total. The van der Waals surface area contributed by atoms with Crippen molar-refractivity contribution in [3.05, 3.63) is 24.3 Å². The Kier molecular flexibility index (Phi) is 5.37. The highest BCUT2D eigenvalue weighted by Crippen LogP contribution is 2.20. The smallest absolute Gasteiger partial charge is 0.257 e. The van der Waals surface area contributed by atoms with Gasteiger partial charge in [-0.2, -0.15) is 0 Å². The Bertz CT molecular complexity index is 576. The first-order chi connectivity index (χ1) is 11.6. The van der Waals surface area contributed by atoms with Crippen molar-refractivity contribution >= 4 is 11.8 Å². The fraction of sp³-hybridized carbons (Fsp3) is 0.625. The van der Waals surface area contributed by atoms with E-state index in [0.29, 0.717) is 31.2 Å². The van der Waals surface area contributed by atoms with Gasteiger partial charge in [-0.15, -0.1) is 0 Å². The van der Waals surface area contributed by atoms with E-state index in [4.69, 9.17) is 10.5 Å². The van der Waals surface area contributed by atoms with Crippen LogP contribution in [0.4, 0.5) is 0 Å². The standard InChI is InChI=1S/C16H23N5O3/c17-15(22)13-9-20(14-1-5-24-6-2-14)3-4-21(10-13)16(23)12-7-18-11-19-8-12/h7-8,11,13-14H,1-6,9-10H2,(H2,17,22)/t13-/m1/s1. The van der Waals surface area contributed by atoms with E-state index < -0.39 is 0 Å². The first-order valence-corrected chi connectivity index (χ1v) is 8.30. The second-order valence-corrected chi connectivity index (χ2v) is 6.32. The minimum atomic E-state index is -0.371. The highest BCUT2D eigenvalue weighted by molar-refractivity contribution is 5.94. The molecule has 1 aromatic heterocycles. The van der Waals surface area contributed by atoms with Crippen molar-refractivity contribution in [3.8, 4) is 0 Å². The normalized spacial score (nSPS) is 23.7. The molecule has 24 heavy (non-hydrogen) atoms. The van der Waals surface area contributed by atoms with Gasteiger partial charge in [0.15, 0.2) is 0 Å². The van der Waals surface area contributed by atoms with Gasteiger partial charge in [-0.1, -0.05) is 0 Å². The molecule has 3 rings (SSSR count). The van der Waals surface area contributed by atoms with Gasteiger partial charge in [0.05, 0.1) is 11.5 Å². The molecule has 0 unspecified atom stereocenters. The van der Waals surface area contributed by atoms with Crippen LogP contribution in [0.3, 0.4) is 0 Å². The summed E-state index contributed by atoms with van der Waals surface area (Å²) in [5, 5.41) is 0. The zero-order valence-corrected chi connectivity index (χ0v) is 13.6. The summed E-state index contributed by atoms with van der Waals surface area (Å²) in [5.41, 5.74) is 6.01. The first kappa shape index (κ1) is 16.8. The number of ether oxygens (including phenoxy) is 1. The molecule has 8 heteroatoms. The second kappa shape index (κ2) is 7.67. The highest BCUT2D eigenvalue weighted by atomic mass is 16.5. The number of aromatic nitrogens is 2. The molecule has 2 aliphatic heterocycles. The van der Waals surface area contributed by atoms with Crippen molar-refractivity contribution in [2.75, 3.05) is 39.4 Å². The summed E-state index contributed by atoms with van der Waals surface area (Å²) in [6.07, 6.45) is 6.28. The minimum Gasteiger partial charge on any atom is -0.381 e. The summed E-state index contributed by atoms with van der Waals surface area (Å²) >= 11 is 0. The van der Waals surface area contributed by atoms with Crippen LogP contribution in [0.15, 0.2) is 18.7 Å². The molecule has 2 aliphatic rings. The molecule has 2 saturated heterocycles. The molecule has 0 aromatic carbocycles. The molecular formula is C16H23N5O3. The summed E-state index contributed by atoms with van der Waals surface area (Å²) in [6, 6.07) is 0.385. The van der Waals surface area contributed by atoms with Crippen LogP contribution in [0.1, 0.15) is 23.2 Å². The maximum atomic E-state index is 12.7. The summed E-state index contributed by atoms with van der Waals surface area (Å²) in [5.74, 6) is -0.893. The largest absolute Gasteiger partial charge is 0.381 e. The van der Waals surface area contributed by atoms with Gasteiger partial charge in [0.2, 0.25) is 5.91 Å². The highest BCUT2D eigenvalue weighted by Gasteiger charge is 2.32. The van der Waals surface area contributed by atoms with Gasteiger partial charge >= 0.3 is 0 Å². The Labute approximate surface area is 141 Å². The molecule has 130 valence electrons.